The van der Waals surface area contributed by atoms with Gasteiger partial charge in [-0.25, -0.2) is 4.99 Å². The van der Waals surface area contributed by atoms with E-state index in [1.807, 2.05) is 24.3 Å². The summed E-state index contributed by atoms with van der Waals surface area (Å²) in [6.07, 6.45) is 5.20. The van der Waals surface area contributed by atoms with Crippen molar-refractivity contribution in [2.75, 3.05) is 7.05 Å². The summed E-state index contributed by atoms with van der Waals surface area (Å²) in [5.41, 5.74) is 6.41. The number of benzene rings is 1. The van der Waals surface area contributed by atoms with Crippen LogP contribution in [0.2, 0.25) is 0 Å². The number of ether oxygens (including phenoxy) is 1. The fourth-order valence-electron chi connectivity index (χ4n) is 3.14. The SMILES string of the molecule is C=C/C=C(\C=C)C1CC2(N=C(N)N(C)C2=O)c2cc(Br)ccc2O1. The molecule has 3 rings (SSSR count). The van der Waals surface area contributed by atoms with E-state index in [-0.39, 0.29) is 18.0 Å². The van der Waals surface area contributed by atoms with Crippen molar-refractivity contribution in [2.45, 2.75) is 18.1 Å². The number of hydrogen-bond acceptors (Lipinski definition) is 4. The molecule has 0 aliphatic carbocycles. The third-order valence-electron chi connectivity index (χ3n) is 4.36. The number of nitrogens with zero attached hydrogens (tertiary/aromatic N) is 2. The second-order valence-corrected chi connectivity index (χ2v) is 6.67. The molecular formula is C18H18BrN3O2. The van der Waals surface area contributed by atoms with Crippen molar-refractivity contribution in [3.63, 3.8) is 0 Å². The number of aliphatic imine (C=N–C) groups is 1. The highest BCUT2D eigenvalue weighted by Gasteiger charge is 2.53. The summed E-state index contributed by atoms with van der Waals surface area (Å²) in [6.45, 7) is 7.55. The van der Waals surface area contributed by atoms with Crippen LogP contribution in [0.5, 0.6) is 5.75 Å². The fourth-order valence-corrected chi connectivity index (χ4v) is 3.50. The highest BCUT2D eigenvalue weighted by molar-refractivity contribution is 9.10. The molecule has 124 valence electrons. The second kappa shape index (κ2) is 5.94. The van der Waals surface area contributed by atoms with Crippen molar-refractivity contribution in [1.29, 1.82) is 0 Å². The van der Waals surface area contributed by atoms with Gasteiger partial charge in [-0.1, -0.05) is 47.3 Å². The van der Waals surface area contributed by atoms with Crippen LogP contribution in [-0.4, -0.2) is 29.9 Å². The summed E-state index contributed by atoms with van der Waals surface area (Å²) in [6, 6.07) is 5.57. The molecule has 1 aromatic rings. The number of hydrogen-bond donors (Lipinski definition) is 1. The van der Waals surface area contributed by atoms with E-state index in [1.54, 1.807) is 19.2 Å². The Hall–Kier alpha value is -2.34. The molecule has 0 fully saturated rings. The van der Waals surface area contributed by atoms with E-state index in [0.717, 1.165) is 10.0 Å². The summed E-state index contributed by atoms with van der Waals surface area (Å²) in [4.78, 5) is 18.9. The van der Waals surface area contributed by atoms with Gasteiger partial charge in [-0.15, -0.1) is 0 Å². The van der Waals surface area contributed by atoms with Gasteiger partial charge in [0.05, 0.1) is 0 Å². The van der Waals surface area contributed by atoms with Gasteiger partial charge in [-0.05, 0) is 23.8 Å². The lowest BCUT2D eigenvalue weighted by Gasteiger charge is -2.37. The van der Waals surface area contributed by atoms with Gasteiger partial charge < -0.3 is 10.5 Å². The molecule has 1 amide bonds. The summed E-state index contributed by atoms with van der Waals surface area (Å²) in [7, 11) is 1.63. The molecular weight excluding hydrogens is 370 g/mol. The van der Waals surface area contributed by atoms with Gasteiger partial charge in [0.15, 0.2) is 11.5 Å². The zero-order valence-electron chi connectivity index (χ0n) is 13.3. The number of likely N-dealkylation sites (N-methyl/N-ethyl adjacent to an activating group) is 1. The van der Waals surface area contributed by atoms with Crippen molar-refractivity contribution in [1.82, 2.24) is 4.90 Å². The number of nitrogens with two attached hydrogens (primary N) is 1. The number of rotatable bonds is 3. The van der Waals surface area contributed by atoms with Crippen LogP contribution in [0.1, 0.15) is 12.0 Å². The number of carbonyl (C=O) groups is 1. The average molecular weight is 388 g/mol. The first-order chi connectivity index (χ1) is 11.4. The van der Waals surface area contributed by atoms with Gasteiger partial charge >= 0.3 is 0 Å². The lowest BCUT2D eigenvalue weighted by molar-refractivity contribution is -0.132. The summed E-state index contributed by atoms with van der Waals surface area (Å²) in [5, 5.41) is 0. The number of allylic oxidation sites excluding steroid dienone is 2. The minimum absolute atomic E-state index is 0.158. The van der Waals surface area contributed by atoms with E-state index in [4.69, 9.17) is 10.5 Å². The zero-order valence-corrected chi connectivity index (χ0v) is 14.9. The summed E-state index contributed by atoms with van der Waals surface area (Å²) >= 11 is 3.45. The lowest BCUT2D eigenvalue weighted by Crippen LogP contribution is -2.45. The van der Waals surface area contributed by atoms with Crippen LogP contribution < -0.4 is 10.5 Å². The normalized spacial score (nSPS) is 26.0. The molecule has 1 spiro atoms. The van der Waals surface area contributed by atoms with Gasteiger partial charge in [0.25, 0.3) is 5.91 Å². The quantitative estimate of drug-likeness (QED) is 0.810. The predicted octanol–water partition coefficient (Wildman–Crippen LogP) is 2.88. The van der Waals surface area contributed by atoms with Gasteiger partial charge in [-0.3, -0.25) is 9.69 Å². The summed E-state index contributed by atoms with van der Waals surface area (Å²) < 4.78 is 6.96. The molecule has 5 nitrogen and oxygen atoms in total. The Morgan fingerprint density at radius 1 is 1.54 bits per heavy atom. The van der Waals surface area contributed by atoms with Gasteiger partial charge in [-0.2, -0.15) is 0 Å². The Kier molecular flexibility index (Phi) is 4.09. The van der Waals surface area contributed by atoms with Crippen molar-refractivity contribution < 1.29 is 9.53 Å². The largest absolute Gasteiger partial charge is 0.485 e. The van der Waals surface area contributed by atoms with E-state index in [0.29, 0.717) is 17.7 Å². The second-order valence-electron chi connectivity index (χ2n) is 5.75. The number of fused-ring (bicyclic) bond motifs is 2. The predicted molar refractivity (Wildman–Crippen MR) is 97.7 cm³/mol. The molecule has 2 heterocycles. The molecule has 6 heteroatoms. The molecule has 2 N–H and O–H groups in total. The molecule has 24 heavy (non-hydrogen) atoms. The van der Waals surface area contributed by atoms with Gasteiger partial charge in [0.2, 0.25) is 0 Å². The molecule has 2 atom stereocenters. The fraction of sp³-hybridized carbons (Fsp3) is 0.222. The van der Waals surface area contributed by atoms with E-state index in [2.05, 4.69) is 34.1 Å². The molecule has 1 aromatic carbocycles. The van der Waals surface area contributed by atoms with E-state index < -0.39 is 5.54 Å². The molecule has 2 aliphatic heterocycles. The van der Waals surface area contributed by atoms with Crippen LogP contribution in [0.15, 0.2) is 64.6 Å². The van der Waals surface area contributed by atoms with Crippen LogP contribution in [-0.2, 0) is 10.3 Å². The topological polar surface area (TPSA) is 67.9 Å². The van der Waals surface area contributed by atoms with Crippen molar-refractivity contribution in [2.24, 2.45) is 10.7 Å². The Labute approximate surface area is 149 Å². The van der Waals surface area contributed by atoms with E-state index in [9.17, 15) is 4.79 Å². The Balaban J connectivity index is 2.19. The first-order valence-electron chi connectivity index (χ1n) is 7.48. The standard InChI is InChI=1S/C18H18BrN3O2/c1-4-6-11(5-2)15-10-18(16(23)22(3)17(20)21-18)13-9-12(19)7-8-14(13)24-15/h4-9,15H,1-2,10H2,3H3,(H2,20,21)/b11-6+. The lowest BCUT2D eigenvalue weighted by atomic mass is 9.80. The Bertz CT molecular complexity index is 799. The third-order valence-corrected chi connectivity index (χ3v) is 4.86. The van der Waals surface area contributed by atoms with Crippen molar-refractivity contribution >= 4 is 27.8 Å². The van der Waals surface area contributed by atoms with E-state index in [1.165, 1.54) is 4.90 Å². The molecule has 0 saturated heterocycles. The minimum atomic E-state index is -1.08. The number of halogens is 1. The maximum absolute atomic E-state index is 13.0. The minimum Gasteiger partial charge on any atom is -0.485 e. The highest BCUT2D eigenvalue weighted by Crippen LogP contribution is 2.47. The third kappa shape index (κ3) is 2.38. The van der Waals surface area contributed by atoms with Crippen LogP contribution in [0, 0.1) is 0 Å². The molecule has 0 saturated carbocycles. The Morgan fingerprint density at radius 2 is 2.29 bits per heavy atom. The zero-order chi connectivity index (χ0) is 17.5. The first kappa shape index (κ1) is 16.5. The highest BCUT2D eigenvalue weighted by atomic mass is 79.9. The van der Waals surface area contributed by atoms with Crippen molar-refractivity contribution in [3.8, 4) is 5.75 Å². The smallest absolute Gasteiger partial charge is 0.261 e. The number of guanidine groups is 1. The maximum Gasteiger partial charge on any atom is 0.261 e. The molecule has 0 bridgehead atoms. The van der Waals surface area contributed by atoms with Crippen LogP contribution in [0.4, 0.5) is 0 Å². The number of amides is 1. The van der Waals surface area contributed by atoms with Crippen LogP contribution in [0.3, 0.4) is 0 Å². The molecule has 2 unspecified atom stereocenters. The number of carbonyl (C=O) groups excluding carboxylic acids is 1. The maximum atomic E-state index is 13.0. The van der Waals surface area contributed by atoms with Gasteiger partial charge in [0, 0.05) is 23.5 Å². The van der Waals surface area contributed by atoms with Gasteiger partial charge in [0.1, 0.15) is 11.9 Å². The van der Waals surface area contributed by atoms with Crippen LogP contribution >= 0.6 is 15.9 Å². The molecule has 0 radical (unpaired) electrons. The first-order valence-corrected chi connectivity index (χ1v) is 8.27. The van der Waals surface area contributed by atoms with Crippen LogP contribution in [0.25, 0.3) is 0 Å². The molecule has 2 aliphatic rings. The monoisotopic (exact) mass is 387 g/mol. The Morgan fingerprint density at radius 3 is 2.88 bits per heavy atom. The summed E-state index contributed by atoms with van der Waals surface area (Å²) in [5.74, 6) is 0.667. The molecule has 0 aromatic heterocycles. The van der Waals surface area contributed by atoms with E-state index >= 15 is 0 Å². The average Bonchev–Trinajstić information content (AvgIpc) is 2.78. The van der Waals surface area contributed by atoms with Crippen molar-refractivity contribution in [3.05, 3.63) is 65.2 Å².